The quantitative estimate of drug-likeness (QED) is 0.689. The number of aromatic nitrogens is 3. The second-order valence-corrected chi connectivity index (χ2v) is 4.41. The predicted octanol–water partition coefficient (Wildman–Crippen LogP) is 2.62. The van der Waals surface area contributed by atoms with Gasteiger partial charge in [0.2, 0.25) is 0 Å². The summed E-state index contributed by atoms with van der Waals surface area (Å²) in [5.41, 5.74) is 2.01. The van der Waals surface area contributed by atoms with Crippen LogP contribution in [0.3, 0.4) is 0 Å². The topological polar surface area (TPSA) is 57.0 Å². The van der Waals surface area contributed by atoms with Crippen LogP contribution in [0.1, 0.15) is 16.1 Å². The van der Waals surface area contributed by atoms with Crippen LogP contribution in [0.15, 0.2) is 67.1 Å². The van der Waals surface area contributed by atoms with Gasteiger partial charge in [0.05, 0.1) is 23.1 Å². The number of pyridine rings is 1. The Bertz CT molecular complexity index is 724. The van der Waals surface area contributed by atoms with E-state index in [9.17, 15) is 4.79 Å². The monoisotopic (exact) mass is 279 g/mol. The number of esters is 1. The molecule has 0 aliphatic rings. The van der Waals surface area contributed by atoms with Crippen LogP contribution in [-0.2, 0) is 11.3 Å². The molecule has 0 aliphatic carbocycles. The van der Waals surface area contributed by atoms with Crippen molar-refractivity contribution in [1.82, 2.24) is 14.8 Å². The third-order valence-electron chi connectivity index (χ3n) is 2.92. The predicted molar refractivity (Wildman–Crippen MR) is 76.9 cm³/mol. The van der Waals surface area contributed by atoms with Gasteiger partial charge in [0.15, 0.2) is 0 Å². The van der Waals surface area contributed by atoms with Crippen LogP contribution in [0.25, 0.3) is 5.69 Å². The molecule has 1 aromatic carbocycles. The minimum absolute atomic E-state index is 0.149. The molecule has 0 N–H and O–H groups in total. The Balaban J connectivity index is 1.67. The largest absolute Gasteiger partial charge is 0.455 e. The fourth-order valence-corrected chi connectivity index (χ4v) is 1.86. The zero-order valence-electron chi connectivity index (χ0n) is 11.2. The first kappa shape index (κ1) is 13.1. The molecule has 2 heterocycles. The Morgan fingerprint density at radius 1 is 1.10 bits per heavy atom. The average Bonchev–Trinajstić information content (AvgIpc) is 3.04. The number of hydrogen-bond acceptors (Lipinski definition) is 4. The van der Waals surface area contributed by atoms with Gasteiger partial charge in [-0.15, -0.1) is 0 Å². The second-order valence-electron chi connectivity index (χ2n) is 4.41. The van der Waals surface area contributed by atoms with Crippen molar-refractivity contribution in [2.75, 3.05) is 0 Å². The van der Waals surface area contributed by atoms with E-state index in [1.165, 1.54) is 6.20 Å². The molecule has 0 spiro atoms. The van der Waals surface area contributed by atoms with Gasteiger partial charge in [-0.25, -0.2) is 9.48 Å². The molecule has 2 aromatic heterocycles. The molecule has 0 aliphatic heterocycles. The van der Waals surface area contributed by atoms with E-state index in [1.807, 2.05) is 42.5 Å². The molecule has 0 atom stereocenters. The van der Waals surface area contributed by atoms with Crippen molar-refractivity contribution in [3.63, 3.8) is 0 Å². The lowest BCUT2D eigenvalue weighted by Crippen LogP contribution is -2.05. The lowest BCUT2D eigenvalue weighted by molar-refractivity contribution is 0.0467. The Morgan fingerprint density at radius 2 is 1.90 bits per heavy atom. The maximum atomic E-state index is 12.0. The molecule has 0 radical (unpaired) electrons. The summed E-state index contributed by atoms with van der Waals surface area (Å²) >= 11 is 0. The normalized spacial score (nSPS) is 10.3. The Labute approximate surface area is 121 Å². The van der Waals surface area contributed by atoms with Crippen LogP contribution >= 0.6 is 0 Å². The highest BCUT2D eigenvalue weighted by molar-refractivity contribution is 5.88. The molecule has 5 nitrogen and oxygen atoms in total. The minimum atomic E-state index is -0.414. The fourth-order valence-electron chi connectivity index (χ4n) is 1.86. The summed E-state index contributed by atoms with van der Waals surface area (Å²) in [5.74, 6) is -0.414. The molecule has 3 aromatic rings. The second kappa shape index (κ2) is 6.00. The highest BCUT2D eigenvalue weighted by Crippen LogP contribution is 2.09. The number of hydrogen-bond donors (Lipinski definition) is 0. The van der Waals surface area contributed by atoms with Crippen LogP contribution in [0.5, 0.6) is 0 Å². The van der Waals surface area contributed by atoms with E-state index in [0.717, 1.165) is 5.69 Å². The number of benzene rings is 1. The molecular weight excluding hydrogens is 266 g/mol. The summed E-state index contributed by atoms with van der Waals surface area (Å²) in [6.07, 6.45) is 4.81. The summed E-state index contributed by atoms with van der Waals surface area (Å²) in [5, 5.41) is 4.16. The maximum absolute atomic E-state index is 12.0. The van der Waals surface area contributed by atoms with E-state index in [0.29, 0.717) is 11.3 Å². The Kier molecular flexibility index (Phi) is 3.73. The van der Waals surface area contributed by atoms with Crippen LogP contribution in [0, 0.1) is 0 Å². The molecule has 104 valence electrons. The average molecular weight is 279 g/mol. The van der Waals surface area contributed by atoms with Crippen molar-refractivity contribution in [1.29, 1.82) is 0 Å². The molecule has 0 saturated heterocycles. The summed E-state index contributed by atoms with van der Waals surface area (Å²) < 4.78 is 6.84. The first-order valence-corrected chi connectivity index (χ1v) is 6.50. The smallest absolute Gasteiger partial charge is 0.341 e. The SMILES string of the molecule is O=C(OCc1ccccn1)c1cnn(-c2ccccc2)c1. The van der Waals surface area contributed by atoms with Crippen LogP contribution < -0.4 is 0 Å². The molecule has 0 amide bonds. The lowest BCUT2D eigenvalue weighted by Gasteiger charge is -2.02. The van der Waals surface area contributed by atoms with Crippen molar-refractivity contribution in [2.24, 2.45) is 0 Å². The van der Waals surface area contributed by atoms with E-state index < -0.39 is 5.97 Å². The zero-order valence-corrected chi connectivity index (χ0v) is 11.2. The highest BCUT2D eigenvalue weighted by Gasteiger charge is 2.11. The first-order valence-electron chi connectivity index (χ1n) is 6.50. The third-order valence-corrected chi connectivity index (χ3v) is 2.92. The molecule has 0 bridgehead atoms. The van der Waals surface area contributed by atoms with Gasteiger partial charge in [0, 0.05) is 12.4 Å². The van der Waals surface area contributed by atoms with Gasteiger partial charge >= 0.3 is 5.97 Å². The number of carbonyl (C=O) groups is 1. The van der Waals surface area contributed by atoms with Gasteiger partial charge in [-0.1, -0.05) is 24.3 Å². The molecule has 0 unspecified atom stereocenters. The van der Waals surface area contributed by atoms with Crippen LogP contribution in [0.4, 0.5) is 0 Å². The molecule has 21 heavy (non-hydrogen) atoms. The number of rotatable bonds is 4. The standard InChI is InChI=1S/C16H13N3O2/c20-16(21-12-14-6-4-5-9-17-14)13-10-18-19(11-13)15-7-2-1-3-8-15/h1-11H,12H2. The van der Waals surface area contributed by atoms with Crippen molar-refractivity contribution in [2.45, 2.75) is 6.61 Å². The summed E-state index contributed by atoms with van der Waals surface area (Å²) in [6, 6.07) is 15.0. The van der Waals surface area contributed by atoms with Crippen molar-refractivity contribution >= 4 is 5.97 Å². The number of carbonyl (C=O) groups excluding carboxylic acids is 1. The van der Waals surface area contributed by atoms with E-state index in [2.05, 4.69) is 10.1 Å². The molecule has 3 rings (SSSR count). The van der Waals surface area contributed by atoms with Crippen LogP contribution in [0.2, 0.25) is 0 Å². The molecule has 0 fully saturated rings. The number of ether oxygens (including phenoxy) is 1. The molecular formula is C16H13N3O2. The Hall–Kier alpha value is -2.95. The van der Waals surface area contributed by atoms with Gasteiger partial charge in [-0.05, 0) is 24.3 Å². The van der Waals surface area contributed by atoms with Crippen LogP contribution in [-0.4, -0.2) is 20.7 Å². The molecule has 0 saturated carbocycles. The molecule has 5 heteroatoms. The van der Waals surface area contributed by atoms with Gasteiger partial charge in [-0.3, -0.25) is 4.98 Å². The summed E-state index contributed by atoms with van der Waals surface area (Å²) in [7, 11) is 0. The lowest BCUT2D eigenvalue weighted by atomic mass is 10.3. The number of para-hydroxylation sites is 1. The van der Waals surface area contributed by atoms with E-state index >= 15 is 0 Å². The van der Waals surface area contributed by atoms with Crippen molar-refractivity contribution in [3.05, 3.63) is 78.4 Å². The van der Waals surface area contributed by atoms with Crippen molar-refractivity contribution in [3.8, 4) is 5.69 Å². The van der Waals surface area contributed by atoms with Crippen molar-refractivity contribution < 1.29 is 9.53 Å². The minimum Gasteiger partial charge on any atom is -0.455 e. The van der Waals surface area contributed by atoms with Gasteiger partial charge < -0.3 is 4.74 Å². The maximum Gasteiger partial charge on any atom is 0.341 e. The van der Waals surface area contributed by atoms with Gasteiger partial charge in [0.1, 0.15) is 6.61 Å². The summed E-state index contributed by atoms with van der Waals surface area (Å²) in [6.45, 7) is 0.149. The van der Waals surface area contributed by atoms with Gasteiger partial charge in [-0.2, -0.15) is 5.10 Å². The number of nitrogens with zero attached hydrogens (tertiary/aromatic N) is 3. The van der Waals surface area contributed by atoms with E-state index in [4.69, 9.17) is 4.74 Å². The fraction of sp³-hybridized carbons (Fsp3) is 0.0625. The summed E-state index contributed by atoms with van der Waals surface area (Å²) in [4.78, 5) is 16.1. The van der Waals surface area contributed by atoms with Gasteiger partial charge in [0.25, 0.3) is 0 Å². The van der Waals surface area contributed by atoms with E-state index in [-0.39, 0.29) is 6.61 Å². The Morgan fingerprint density at radius 3 is 2.67 bits per heavy atom. The first-order chi connectivity index (χ1) is 10.3. The zero-order chi connectivity index (χ0) is 14.5. The highest BCUT2D eigenvalue weighted by atomic mass is 16.5. The third kappa shape index (κ3) is 3.14. The van der Waals surface area contributed by atoms with E-state index in [1.54, 1.807) is 23.1 Å².